The van der Waals surface area contributed by atoms with Crippen LogP contribution in [0.5, 0.6) is 5.75 Å². The Bertz CT molecular complexity index is 276. The molecule has 1 aromatic carbocycles. The third-order valence-electron chi connectivity index (χ3n) is 2.17. The van der Waals surface area contributed by atoms with Crippen LogP contribution in [0.1, 0.15) is 24.5 Å². The van der Waals surface area contributed by atoms with Crippen LogP contribution in [0.25, 0.3) is 0 Å². The Morgan fingerprint density at radius 2 is 1.73 bits per heavy atom. The number of hydrogen-bond donors (Lipinski definition) is 1. The third kappa shape index (κ3) is 4.84. The summed E-state index contributed by atoms with van der Waals surface area (Å²) in [6.45, 7) is 9.07. The smallest absolute Gasteiger partial charge is 0.119 e. The van der Waals surface area contributed by atoms with Gasteiger partial charge in [0.25, 0.3) is 0 Å². The molecule has 1 N–H and O–H groups in total. The van der Waals surface area contributed by atoms with E-state index in [4.69, 9.17) is 4.74 Å². The summed E-state index contributed by atoms with van der Waals surface area (Å²) in [7, 11) is 0. The Morgan fingerprint density at radius 3 is 2.33 bits per heavy atom. The van der Waals surface area contributed by atoms with Gasteiger partial charge in [0, 0.05) is 6.54 Å². The lowest BCUT2D eigenvalue weighted by Crippen LogP contribution is -2.21. The molecule has 0 bridgehead atoms. The molecule has 0 aliphatic carbocycles. The van der Waals surface area contributed by atoms with E-state index in [0.717, 1.165) is 25.4 Å². The van der Waals surface area contributed by atoms with Crippen molar-refractivity contribution in [1.82, 2.24) is 5.32 Å². The molecule has 0 aromatic heterocycles. The van der Waals surface area contributed by atoms with Crippen LogP contribution in [0.3, 0.4) is 0 Å². The Labute approximate surface area is 92.6 Å². The minimum atomic E-state index is 0.739. The van der Waals surface area contributed by atoms with Crippen molar-refractivity contribution < 1.29 is 4.74 Å². The van der Waals surface area contributed by atoms with E-state index < -0.39 is 0 Å². The SMILES string of the molecule is CCCNCCOc1cc(C)cc(C)c1. The first-order chi connectivity index (χ1) is 7.22. The van der Waals surface area contributed by atoms with Gasteiger partial charge in [-0.3, -0.25) is 0 Å². The van der Waals surface area contributed by atoms with E-state index in [2.05, 4.69) is 44.3 Å². The number of rotatable bonds is 6. The summed E-state index contributed by atoms with van der Waals surface area (Å²) in [6.07, 6.45) is 1.17. The predicted molar refractivity (Wildman–Crippen MR) is 64.6 cm³/mol. The van der Waals surface area contributed by atoms with Gasteiger partial charge in [-0.15, -0.1) is 0 Å². The standard InChI is InChI=1S/C13H21NO/c1-4-5-14-6-7-15-13-9-11(2)8-12(3)10-13/h8-10,14H,4-7H2,1-3H3. The second-order valence-electron chi connectivity index (χ2n) is 3.92. The average molecular weight is 207 g/mol. The largest absolute Gasteiger partial charge is 0.492 e. The van der Waals surface area contributed by atoms with Crippen LogP contribution in [0.2, 0.25) is 0 Å². The summed E-state index contributed by atoms with van der Waals surface area (Å²) in [5.74, 6) is 0.978. The maximum absolute atomic E-state index is 5.65. The molecule has 0 fully saturated rings. The lowest BCUT2D eigenvalue weighted by Gasteiger charge is -2.08. The Kier molecular flexibility index (Phi) is 5.19. The molecule has 15 heavy (non-hydrogen) atoms. The summed E-state index contributed by atoms with van der Waals surface area (Å²) in [5.41, 5.74) is 2.51. The topological polar surface area (TPSA) is 21.3 Å². The minimum Gasteiger partial charge on any atom is -0.492 e. The number of hydrogen-bond acceptors (Lipinski definition) is 2. The molecule has 84 valence electrons. The van der Waals surface area contributed by atoms with E-state index in [-0.39, 0.29) is 0 Å². The molecular formula is C13H21NO. The van der Waals surface area contributed by atoms with E-state index in [1.54, 1.807) is 0 Å². The molecule has 0 amide bonds. The van der Waals surface area contributed by atoms with Gasteiger partial charge < -0.3 is 10.1 Å². The minimum absolute atomic E-state index is 0.739. The summed E-state index contributed by atoms with van der Waals surface area (Å²) in [6, 6.07) is 6.31. The van der Waals surface area contributed by atoms with Crippen LogP contribution >= 0.6 is 0 Å². The lowest BCUT2D eigenvalue weighted by atomic mass is 10.1. The molecule has 0 heterocycles. The van der Waals surface area contributed by atoms with Crippen LogP contribution in [0, 0.1) is 13.8 Å². The Hall–Kier alpha value is -1.02. The van der Waals surface area contributed by atoms with Crippen molar-refractivity contribution in [2.45, 2.75) is 27.2 Å². The molecule has 0 saturated carbocycles. The first kappa shape index (κ1) is 12.1. The van der Waals surface area contributed by atoms with Gasteiger partial charge >= 0.3 is 0 Å². The average Bonchev–Trinajstić information content (AvgIpc) is 2.16. The van der Waals surface area contributed by atoms with E-state index in [1.165, 1.54) is 17.5 Å². The first-order valence-electron chi connectivity index (χ1n) is 5.64. The van der Waals surface area contributed by atoms with E-state index in [0.29, 0.717) is 0 Å². The van der Waals surface area contributed by atoms with E-state index in [9.17, 15) is 0 Å². The Balaban J connectivity index is 2.31. The highest BCUT2D eigenvalue weighted by Gasteiger charge is 1.96. The fraction of sp³-hybridized carbons (Fsp3) is 0.538. The number of ether oxygens (including phenoxy) is 1. The molecule has 0 saturated heterocycles. The van der Waals surface area contributed by atoms with E-state index in [1.807, 2.05) is 0 Å². The second kappa shape index (κ2) is 6.46. The Morgan fingerprint density at radius 1 is 1.07 bits per heavy atom. The van der Waals surface area contributed by atoms with Gasteiger partial charge in [-0.25, -0.2) is 0 Å². The maximum Gasteiger partial charge on any atom is 0.119 e. The number of benzene rings is 1. The van der Waals surface area contributed by atoms with Gasteiger partial charge in [0.15, 0.2) is 0 Å². The van der Waals surface area contributed by atoms with Gasteiger partial charge in [0.05, 0.1) is 0 Å². The normalized spacial score (nSPS) is 10.3. The van der Waals surface area contributed by atoms with Crippen molar-refractivity contribution in [3.05, 3.63) is 29.3 Å². The van der Waals surface area contributed by atoms with Gasteiger partial charge in [0.1, 0.15) is 12.4 Å². The highest BCUT2D eigenvalue weighted by atomic mass is 16.5. The van der Waals surface area contributed by atoms with Crippen LogP contribution in [-0.2, 0) is 0 Å². The molecule has 0 aliphatic rings. The monoisotopic (exact) mass is 207 g/mol. The lowest BCUT2D eigenvalue weighted by molar-refractivity contribution is 0.314. The molecule has 0 radical (unpaired) electrons. The third-order valence-corrected chi connectivity index (χ3v) is 2.17. The van der Waals surface area contributed by atoms with Crippen LogP contribution in [0.4, 0.5) is 0 Å². The van der Waals surface area contributed by atoms with Gasteiger partial charge in [0.2, 0.25) is 0 Å². The molecule has 2 nitrogen and oxygen atoms in total. The molecule has 2 heteroatoms. The van der Waals surface area contributed by atoms with Crippen LogP contribution in [-0.4, -0.2) is 19.7 Å². The molecular weight excluding hydrogens is 186 g/mol. The summed E-state index contributed by atoms with van der Waals surface area (Å²) < 4.78 is 5.65. The molecule has 1 aromatic rings. The second-order valence-corrected chi connectivity index (χ2v) is 3.92. The van der Waals surface area contributed by atoms with Crippen molar-refractivity contribution >= 4 is 0 Å². The quantitative estimate of drug-likeness (QED) is 0.724. The van der Waals surface area contributed by atoms with E-state index >= 15 is 0 Å². The fourth-order valence-electron chi connectivity index (χ4n) is 1.56. The summed E-state index contributed by atoms with van der Waals surface area (Å²) in [4.78, 5) is 0. The predicted octanol–water partition coefficient (Wildman–Crippen LogP) is 2.68. The maximum atomic E-state index is 5.65. The van der Waals surface area contributed by atoms with Crippen LogP contribution < -0.4 is 10.1 Å². The summed E-state index contributed by atoms with van der Waals surface area (Å²) >= 11 is 0. The molecule has 0 atom stereocenters. The van der Waals surface area contributed by atoms with Crippen molar-refractivity contribution in [1.29, 1.82) is 0 Å². The molecule has 0 unspecified atom stereocenters. The zero-order chi connectivity index (χ0) is 11.1. The van der Waals surface area contributed by atoms with Crippen molar-refractivity contribution in [3.8, 4) is 5.75 Å². The zero-order valence-corrected chi connectivity index (χ0v) is 9.97. The van der Waals surface area contributed by atoms with Crippen molar-refractivity contribution in [2.75, 3.05) is 19.7 Å². The molecule has 1 rings (SSSR count). The van der Waals surface area contributed by atoms with Gasteiger partial charge in [-0.1, -0.05) is 13.0 Å². The first-order valence-corrected chi connectivity index (χ1v) is 5.64. The molecule has 0 aliphatic heterocycles. The van der Waals surface area contributed by atoms with Crippen molar-refractivity contribution in [3.63, 3.8) is 0 Å². The summed E-state index contributed by atoms with van der Waals surface area (Å²) in [5, 5.41) is 3.31. The zero-order valence-electron chi connectivity index (χ0n) is 9.97. The fourth-order valence-corrected chi connectivity index (χ4v) is 1.56. The number of aryl methyl sites for hydroxylation is 2. The van der Waals surface area contributed by atoms with Gasteiger partial charge in [-0.05, 0) is 50.1 Å². The highest BCUT2D eigenvalue weighted by Crippen LogP contribution is 2.15. The molecule has 0 spiro atoms. The van der Waals surface area contributed by atoms with Gasteiger partial charge in [-0.2, -0.15) is 0 Å². The van der Waals surface area contributed by atoms with Crippen molar-refractivity contribution in [2.24, 2.45) is 0 Å². The van der Waals surface area contributed by atoms with Crippen LogP contribution in [0.15, 0.2) is 18.2 Å². The highest BCUT2D eigenvalue weighted by molar-refractivity contribution is 5.32. The number of nitrogens with one attached hydrogen (secondary N) is 1.